The number of phenolic OH excluding ortho intramolecular Hbond substituents is 1. The molecule has 0 saturated carbocycles. The number of amides is 1. The van der Waals surface area contributed by atoms with Gasteiger partial charge in [-0.15, -0.1) is 0 Å². The zero-order chi connectivity index (χ0) is 13.2. The highest BCUT2D eigenvalue weighted by atomic mass is 16.3. The van der Waals surface area contributed by atoms with Crippen molar-refractivity contribution in [2.45, 2.75) is 18.9 Å². The van der Waals surface area contributed by atoms with Crippen LogP contribution in [0.15, 0.2) is 18.2 Å². The Kier molecular flexibility index (Phi) is 3.54. The van der Waals surface area contributed by atoms with Gasteiger partial charge in [0.15, 0.2) is 0 Å². The molecule has 1 heterocycles. The maximum absolute atomic E-state index is 11.9. The summed E-state index contributed by atoms with van der Waals surface area (Å²) in [5.74, 6) is -0.406. The molecule has 98 valence electrons. The number of nitrogens with one attached hydrogen (secondary N) is 2. The Bertz CT molecular complexity index is 454. The van der Waals surface area contributed by atoms with E-state index in [-0.39, 0.29) is 23.8 Å². The first-order valence-corrected chi connectivity index (χ1v) is 6.01. The van der Waals surface area contributed by atoms with E-state index in [4.69, 9.17) is 0 Å². The van der Waals surface area contributed by atoms with Crippen LogP contribution in [0.3, 0.4) is 0 Å². The van der Waals surface area contributed by atoms with Crippen LogP contribution in [0.2, 0.25) is 0 Å². The van der Waals surface area contributed by atoms with E-state index in [1.165, 1.54) is 0 Å². The zero-order valence-corrected chi connectivity index (χ0v) is 10.4. The molecule has 1 aromatic rings. The number of aliphatic hydroxyl groups is 1. The predicted octanol–water partition coefficient (Wildman–Crippen LogP) is 0.155. The van der Waals surface area contributed by atoms with Gasteiger partial charge < -0.3 is 20.8 Å². The Morgan fingerprint density at radius 2 is 2.33 bits per heavy atom. The minimum Gasteiger partial charge on any atom is -0.507 e. The normalized spacial score (nSPS) is 23.0. The number of phenols is 1. The van der Waals surface area contributed by atoms with E-state index in [0.29, 0.717) is 13.0 Å². The van der Waals surface area contributed by atoms with E-state index >= 15 is 0 Å². The van der Waals surface area contributed by atoms with Gasteiger partial charge in [-0.25, -0.2) is 0 Å². The summed E-state index contributed by atoms with van der Waals surface area (Å²) in [4.78, 5) is 11.9. The second kappa shape index (κ2) is 4.96. The lowest BCUT2D eigenvalue weighted by Crippen LogP contribution is -2.44. The van der Waals surface area contributed by atoms with Crippen LogP contribution in [0.25, 0.3) is 0 Å². The zero-order valence-electron chi connectivity index (χ0n) is 10.4. The number of aryl methyl sites for hydroxylation is 1. The van der Waals surface area contributed by atoms with E-state index in [9.17, 15) is 15.0 Å². The van der Waals surface area contributed by atoms with Gasteiger partial charge in [0.2, 0.25) is 0 Å². The number of carbonyl (C=O) groups excluding carboxylic acids is 1. The summed E-state index contributed by atoms with van der Waals surface area (Å²) in [6.07, 6.45) is 0.618. The molecular weight excluding hydrogens is 232 g/mol. The van der Waals surface area contributed by atoms with Gasteiger partial charge in [0, 0.05) is 13.1 Å². The minimum absolute atomic E-state index is 0.0379. The maximum Gasteiger partial charge on any atom is 0.255 e. The predicted molar refractivity (Wildman–Crippen MR) is 67.6 cm³/mol. The molecule has 1 aliphatic heterocycles. The third kappa shape index (κ3) is 2.80. The van der Waals surface area contributed by atoms with Crippen molar-refractivity contribution in [3.8, 4) is 5.75 Å². The van der Waals surface area contributed by atoms with Gasteiger partial charge >= 0.3 is 0 Å². The fourth-order valence-electron chi connectivity index (χ4n) is 2.06. The average molecular weight is 250 g/mol. The van der Waals surface area contributed by atoms with Crippen LogP contribution in [0.1, 0.15) is 22.3 Å². The Hall–Kier alpha value is -1.59. The van der Waals surface area contributed by atoms with Gasteiger partial charge in [0.05, 0.1) is 11.2 Å². The van der Waals surface area contributed by atoms with Crippen molar-refractivity contribution in [3.05, 3.63) is 29.3 Å². The first-order chi connectivity index (χ1) is 8.50. The van der Waals surface area contributed by atoms with Crippen LogP contribution in [0, 0.1) is 6.92 Å². The van der Waals surface area contributed by atoms with E-state index in [0.717, 1.165) is 12.1 Å². The van der Waals surface area contributed by atoms with Crippen LogP contribution in [0.4, 0.5) is 0 Å². The molecule has 1 atom stereocenters. The number of aromatic hydroxyl groups is 1. The molecule has 5 nitrogen and oxygen atoms in total. The van der Waals surface area contributed by atoms with E-state index in [1.807, 2.05) is 6.92 Å². The summed E-state index contributed by atoms with van der Waals surface area (Å²) in [6.45, 7) is 3.26. The third-order valence-electron chi connectivity index (χ3n) is 3.20. The lowest BCUT2D eigenvalue weighted by Gasteiger charge is -2.21. The fourth-order valence-corrected chi connectivity index (χ4v) is 2.06. The monoisotopic (exact) mass is 250 g/mol. The third-order valence-corrected chi connectivity index (χ3v) is 3.20. The first-order valence-electron chi connectivity index (χ1n) is 6.01. The fraction of sp³-hybridized carbons (Fsp3) is 0.462. The van der Waals surface area contributed by atoms with Crippen molar-refractivity contribution < 1.29 is 15.0 Å². The summed E-state index contributed by atoms with van der Waals surface area (Å²) in [5.41, 5.74) is 0.244. The summed E-state index contributed by atoms with van der Waals surface area (Å²) in [6, 6.07) is 4.89. The van der Waals surface area contributed by atoms with E-state index in [1.54, 1.807) is 18.2 Å². The first kappa shape index (κ1) is 12.9. The summed E-state index contributed by atoms with van der Waals surface area (Å²) in [7, 11) is 0. The molecule has 0 bridgehead atoms. The summed E-state index contributed by atoms with van der Waals surface area (Å²) in [5, 5.41) is 25.4. The quantitative estimate of drug-likeness (QED) is 0.616. The minimum atomic E-state index is -0.879. The number of carbonyl (C=O) groups is 1. The molecule has 2 rings (SSSR count). The molecule has 5 heteroatoms. The number of rotatable bonds is 3. The molecule has 1 fully saturated rings. The highest BCUT2D eigenvalue weighted by Crippen LogP contribution is 2.19. The van der Waals surface area contributed by atoms with Crippen molar-refractivity contribution in [3.63, 3.8) is 0 Å². The summed E-state index contributed by atoms with van der Waals surface area (Å²) < 4.78 is 0. The van der Waals surface area contributed by atoms with Gasteiger partial charge in [-0.2, -0.15) is 0 Å². The van der Waals surface area contributed by atoms with Gasteiger partial charge in [-0.3, -0.25) is 4.79 Å². The Balaban J connectivity index is 1.99. The maximum atomic E-state index is 11.9. The van der Waals surface area contributed by atoms with E-state index < -0.39 is 5.60 Å². The van der Waals surface area contributed by atoms with Crippen LogP contribution >= 0.6 is 0 Å². The Labute approximate surface area is 106 Å². The molecule has 1 aromatic carbocycles. The smallest absolute Gasteiger partial charge is 0.255 e. The second-order valence-electron chi connectivity index (χ2n) is 4.85. The van der Waals surface area contributed by atoms with Gasteiger partial charge in [-0.05, 0) is 37.6 Å². The molecule has 0 spiro atoms. The van der Waals surface area contributed by atoms with Crippen molar-refractivity contribution in [1.29, 1.82) is 0 Å². The molecule has 1 amide bonds. The second-order valence-corrected chi connectivity index (χ2v) is 4.85. The topological polar surface area (TPSA) is 81.6 Å². The van der Waals surface area contributed by atoms with Crippen molar-refractivity contribution >= 4 is 5.91 Å². The highest BCUT2D eigenvalue weighted by Gasteiger charge is 2.31. The Morgan fingerprint density at radius 3 is 2.94 bits per heavy atom. The van der Waals surface area contributed by atoms with Gasteiger partial charge in [0.25, 0.3) is 5.91 Å². The van der Waals surface area contributed by atoms with Crippen molar-refractivity contribution in [1.82, 2.24) is 10.6 Å². The number of β-amino-alcohol motifs (C(OH)–C–C–N with tert-alkyl or cyclic N) is 1. The number of hydrogen-bond donors (Lipinski definition) is 4. The molecule has 0 aromatic heterocycles. The average Bonchev–Trinajstić information content (AvgIpc) is 2.74. The lowest BCUT2D eigenvalue weighted by atomic mass is 10.0. The SMILES string of the molecule is Cc1ccc(C(=O)NCC2(O)CCNC2)c(O)c1. The van der Waals surface area contributed by atoms with Crippen LogP contribution < -0.4 is 10.6 Å². The number of benzene rings is 1. The van der Waals surface area contributed by atoms with Gasteiger partial charge in [-0.1, -0.05) is 6.07 Å². The Morgan fingerprint density at radius 1 is 1.56 bits per heavy atom. The molecule has 18 heavy (non-hydrogen) atoms. The number of hydrogen-bond acceptors (Lipinski definition) is 4. The molecule has 0 radical (unpaired) electrons. The molecule has 1 unspecified atom stereocenters. The summed E-state index contributed by atoms with van der Waals surface area (Å²) >= 11 is 0. The molecule has 0 aliphatic carbocycles. The lowest BCUT2D eigenvalue weighted by molar-refractivity contribution is 0.0561. The van der Waals surface area contributed by atoms with Crippen LogP contribution in [-0.4, -0.2) is 41.4 Å². The van der Waals surface area contributed by atoms with E-state index in [2.05, 4.69) is 10.6 Å². The standard InChI is InChI=1S/C13H18N2O3/c1-9-2-3-10(11(16)6-9)12(17)15-8-13(18)4-5-14-7-13/h2-3,6,14,16,18H,4-5,7-8H2,1H3,(H,15,17). The molecule has 4 N–H and O–H groups in total. The largest absolute Gasteiger partial charge is 0.507 e. The molecule has 1 saturated heterocycles. The van der Waals surface area contributed by atoms with Crippen LogP contribution in [-0.2, 0) is 0 Å². The van der Waals surface area contributed by atoms with Crippen molar-refractivity contribution in [2.24, 2.45) is 0 Å². The molecule has 1 aliphatic rings. The highest BCUT2D eigenvalue weighted by molar-refractivity contribution is 5.96. The van der Waals surface area contributed by atoms with Gasteiger partial charge in [0.1, 0.15) is 5.75 Å². The molecular formula is C13H18N2O3. The van der Waals surface area contributed by atoms with Crippen LogP contribution in [0.5, 0.6) is 5.75 Å². The van der Waals surface area contributed by atoms with Crippen molar-refractivity contribution in [2.75, 3.05) is 19.6 Å².